The lowest BCUT2D eigenvalue weighted by Gasteiger charge is -2.24. The monoisotopic (exact) mass is 319 g/mol. The molecule has 0 atom stereocenters. The first-order valence-corrected chi connectivity index (χ1v) is 8.33. The zero-order chi connectivity index (χ0) is 15.0. The van der Waals surface area contributed by atoms with Gasteiger partial charge in [0.25, 0.3) is 0 Å². The van der Waals surface area contributed by atoms with Crippen LogP contribution in [0, 0.1) is 6.92 Å². The van der Waals surface area contributed by atoms with Crippen molar-refractivity contribution in [2.24, 2.45) is 0 Å². The molecule has 1 aromatic carbocycles. The molecule has 0 unspecified atom stereocenters. The summed E-state index contributed by atoms with van der Waals surface area (Å²) in [6.45, 7) is 2.79. The number of carbonyl (C=O) groups excluding carboxylic acids is 1. The molecule has 1 aliphatic rings. The minimum absolute atomic E-state index is 0.220. The second-order valence-electron chi connectivity index (χ2n) is 5.78. The van der Waals surface area contributed by atoms with Crippen molar-refractivity contribution in [2.75, 3.05) is 7.05 Å². The fourth-order valence-electron chi connectivity index (χ4n) is 2.74. The summed E-state index contributed by atoms with van der Waals surface area (Å²) < 4.78 is 0. The van der Waals surface area contributed by atoms with Crippen LogP contribution in [0.5, 0.6) is 0 Å². The van der Waals surface area contributed by atoms with Crippen LogP contribution in [0.15, 0.2) is 35.7 Å². The lowest BCUT2D eigenvalue weighted by Crippen LogP contribution is -2.36. The van der Waals surface area contributed by atoms with Crippen molar-refractivity contribution in [2.45, 2.75) is 31.7 Å². The Bertz CT molecular complexity index is 658. The highest BCUT2D eigenvalue weighted by atomic mass is 35.5. The molecule has 21 heavy (non-hydrogen) atoms. The van der Waals surface area contributed by atoms with E-state index in [1.165, 1.54) is 10.4 Å². The summed E-state index contributed by atoms with van der Waals surface area (Å²) in [5.74, 6) is 0.220. The number of nitrogens with zero attached hydrogens (tertiary/aromatic N) is 1. The highest BCUT2D eigenvalue weighted by molar-refractivity contribution is 7.10. The summed E-state index contributed by atoms with van der Waals surface area (Å²) in [5.41, 5.74) is 2.03. The average Bonchev–Trinajstić information content (AvgIpc) is 3.19. The Morgan fingerprint density at radius 3 is 2.48 bits per heavy atom. The molecule has 4 heteroatoms. The molecule has 1 heterocycles. The van der Waals surface area contributed by atoms with Crippen molar-refractivity contribution in [3.63, 3.8) is 0 Å². The molecule has 3 rings (SSSR count). The molecule has 2 nitrogen and oxygen atoms in total. The molecule has 1 aliphatic carbocycles. The van der Waals surface area contributed by atoms with Crippen molar-refractivity contribution in [3.8, 4) is 0 Å². The number of benzene rings is 1. The Balaban J connectivity index is 1.78. The van der Waals surface area contributed by atoms with Gasteiger partial charge >= 0.3 is 0 Å². The molecule has 0 N–H and O–H groups in total. The van der Waals surface area contributed by atoms with E-state index >= 15 is 0 Å². The van der Waals surface area contributed by atoms with Gasteiger partial charge in [-0.2, -0.15) is 0 Å². The van der Waals surface area contributed by atoms with Crippen LogP contribution in [-0.2, 0) is 16.8 Å². The molecule has 0 radical (unpaired) electrons. The Kier molecular flexibility index (Phi) is 3.80. The average molecular weight is 320 g/mol. The van der Waals surface area contributed by atoms with Crippen LogP contribution < -0.4 is 0 Å². The maximum atomic E-state index is 12.8. The van der Waals surface area contributed by atoms with Gasteiger partial charge in [0, 0.05) is 16.9 Å². The van der Waals surface area contributed by atoms with Gasteiger partial charge in [0.15, 0.2) is 0 Å². The lowest BCUT2D eigenvalue weighted by atomic mass is 9.94. The van der Waals surface area contributed by atoms with Crippen LogP contribution >= 0.6 is 22.9 Å². The van der Waals surface area contributed by atoms with E-state index in [9.17, 15) is 4.79 Å². The van der Waals surface area contributed by atoms with Gasteiger partial charge in [-0.15, -0.1) is 11.3 Å². The number of amides is 1. The third-order valence-corrected chi connectivity index (χ3v) is 5.51. The zero-order valence-corrected chi connectivity index (χ0v) is 13.8. The van der Waals surface area contributed by atoms with E-state index in [1.54, 1.807) is 11.3 Å². The summed E-state index contributed by atoms with van der Waals surface area (Å²) in [4.78, 5) is 16.0. The second kappa shape index (κ2) is 5.47. The van der Waals surface area contributed by atoms with Gasteiger partial charge in [0.1, 0.15) is 0 Å². The van der Waals surface area contributed by atoms with E-state index in [-0.39, 0.29) is 11.3 Å². The van der Waals surface area contributed by atoms with Crippen molar-refractivity contribution in [1.29, 1.82) is 0 Å². The summed E-state index contributed by atoms with van der Waals surface area (Å²) in [7, 11) is 1.90. The molecule has 110 valence electrons. The number of hydrogen-bond acceptors (Lipinski definition) is 2. The second-order valence-corrected chi connectivity index (χ2v) is 7.21. The number of hydrogen-bond donors (Lipinski definition) is 0. The van der Waals surface area contributed by atoms with E-state index < -0.39 is 0 Å². The predicted molar refractivity (Wildman–Crippen MR) is 87.9 cm³/mol. The molecule has 1 amide bonds. The van der Waals surface area contributed by atoms with E-state index in [1.807, 2.05) is 36.2 Å². The largest absolute Gasteiger partial charge is 0.340 e. The van der Waals surface area contributed by atoms with Gasteiger partial charge in [0.05, 0.1) is 12.0 Å². The topological polar surface area (TPSA) is 20.3 Å². The summed E-state index contributed by atoms with van der Waals surface area (Å²) in [6, 6.07) is 9.81. The summed E-state index contributed by atoms with van der Waals surface area (Å²) in [6.07, 6.45) is 1.86. The smallest absolute Gasteiger partial charge is 0.233 e. The first-order chi connectivity index (χ1) is 10.0. The Labute approximate surface area is 134 Å². The molecular formula is C17H18ClNOS. The molecule has 0 bridgehead atoms. The highest BCUT2D eigenvalue weighted by Crippen LogP contribution is 2.49. The highest BCUT2D eigenvalue weighted by Gasteiger charge is 2.52. The van der Waals surface area contributed by atoms with Crippen molar-refractivity contribution in [3.05, 3.63) is 56.7 Å². The van der Waals surface area contributed by atoms with Crippen LogP contribution in [0.3, 0.4) is 0 Å². The normalized spacial score (nSPS) is 15.8. The van der Waals surface area contributed by atoms with E-state index in [0.29, 0.717) is 11.6 Å². The molecule has 2 aromatic rings. The SMILES string of the molecule is Cc1ccsc1CN(C)C(=O)C1(c2ccc(Cl)cc2)CC1. The zero-order valence-electron chi connectivity index (χ0n) is 12.2. The van der Waals surface area contributed by atoms with E-state index in [0.717, 1.165) is 18.4 Å². The van der Waals surface area contributed by atoms with Crippen molar-refractivity contribution >= 4 is 28.8 Å². The minimum atomic E-state index is -0.315. The van der Waals surface area contributed by atoms with Crippen LogP contribution in [0.25, 0.3) is 0 Å². The summed E-state index contributed by atoms with van der Waals surface area (Å²) >= 11 is 7.66. The van der Waals surface area contributed by atoms with E-state index in [4.69, 9.17) is 11.6 Å². The molecule has 1 aromatic heterocycles. The van der Waals surface area contributed by atoms with Crippen LogP contribution in [0.4, 0.5) is 0 Å². The van der Waals surface area contributed by atoms with Crippen LogP contribution in [0.2, 0.25) is 5.02 Å². The molecule has 0 saturated heterocycles. The number of likely N-dealkylation sites (N-methyl/N-ethyl adjacent to an activating group) is 1. The third-order valence-electron chi connectivity index (χ3n) is 4.25. The quantitative estimate of drug-likeness (QED) is 0.818. The number of rotatable bonds is 4. The van der Waals surface area contributed by atoms with Gasteiger partial charge in [-0.25, -0.2) is 0 Å². The minimum Gasteiger partial charge on any atom is -0.340 e. The first-order valence-electron chi connectivity index (χ1n) is 7.07. The maximum Gasteiger partial charge on any atom is 0.233 e. The van der Waals surface area contributed by atoms with Gasteiger partial charge in [0.2, 0.25) is 5.91 Å². The van der Waals surface area contributed by atoms with E-state index in [2.05, 4.69) is 18.4 Å². The van der Waals surface area contributed by atoms with Crippen LogP contribution in [-0.4, -0.2) is 17.9 Å². The fourth-order valence-corrected chi connectivity index (χ4v) is 3.82. The van der Waals surface area contributed by atoms with Crippen LogP contribution in [0.1, 0.15) is 28.8 Å². The number of thiophene rings is 1. The van der Waals surface area contributed by atoms with Crippen molar-refractivity contribution < 1.29 is 4.79 Å². The lowest BCUT2D eigenvalue weighted by molar-refractivity contribution is -0.133. The summed E-state index contributed by atoms with van der Waals surface area (Å²) in [5, 5.41) is 2.79. The predicted octanol–water partition coefficient (Wildman–Crippen LogP) is 4.40. The Morgan fingerprint density at radius 2 is 1.95 bits per heavy atom. The third kappa shape index (κ3) is 2.72. The first kappa shape index (κ1) is 14.6. The van der Waals surface area contributed by atoms with Crippen molar-refractivity contribution in [1.82, 2.24) is 4.90 Å². The molecule has 1 fully saturated rings. The number of aryl methyl sites for hydroxylation is 1. The standard InChI is InChI=1S/C17H18ClNOS/c1-12-7-10-21-15(12)11-19(2)16(20)17(8-9-17)13-3-5-14(18)6-4-13/h3-7,10H,8-9,11H2,1-2H3. The fraction of sp³-hybridized carbons (Fsp3) is 0.353. The molecule has 0 spiro atoms. The van der Waals surface area contributed by atoms with Gasteiger partial charge in [-0.1, -0.05) is 23.7 Å². The van der Waals surface area contributed by atoms with Gasteiger partial charge in [-0.05, 0) is 54.5 Å². The Morgan fingerprint density at radius 1 is 1.29 bits per heavy atom. The number of carbonyl (C=O) groups is 1. The molecule has 0 aliphatic heterocycles. The maximum absolute atomic E-state index is 12.8. The number of halogens is 1. The van der Waals surface area contributed by atoms with Gasteiger partial charge in [-0.3, -0.25) is 4.79 Å². The molecular weight excluding hydrogens is 302 g/mol. The Hall–Kier alpha value is -1.32. The molecule has 1 saturated carbocycles. The van der Waals surface area contributed by atoms with Gasteiger partial charge < -0.3 is 4.90 Å².